The molecule has 0 unspecified atom stereocenters. The van der Waals surface area contributed by atoms with Gasteiger partial charge in [0.2, 0.25) is 11.8 Å². The van der Waals surface area contributed by atoms with Gasteiger partial charge in [0.1, 0.15) is 12.6 Å². The predicted octanol–water partition coefficient (Wildman–Crippen LogP) is 0.0744. The highest BCUT2D eigenvalue weighted by Crippen LogP contribution is 2.07. The quantitative estimate of drug-likeness (QED) is 0.807. The van der Waals surface area contributed by atoms with E-state index in [0.717, 1.165) is 32.7 Å². The van der Waals surface area contributed by atoms with Gasteiger partial charge in [0.15, 0.2) is 0 Å². The number of rotatable bonds is 5. The van der Waals surface area contributed by atoms with Gasteiger partial charge < -0.3 is 15.1 Å². The minimum absolute atomic E-state index is 0.0500. The van der Waals surface area contributed by atoms with E-state index in [1.165, 1.54) is 17.4 Å². The molecule has 1 saturated heterocycles. The largest absolute Gasteiger partial charge is 0.344 e. The van der Waals surface area contributed by atoms with E-state index in [9.17, 15) is 9.59 Å². The van der Waals surface area contributed by atoms with Gasteiger partial charge in [-0.3, -0.25) is 9.59 Å². The molecule has 0 radical (unpaired) electrons. The van der Waals surface area contributed by atoms with E-state index in [2.05, 4.69) is 29.6 Å². The minimum atomic E-state index is -0.414. The van der Waals surface area contributed by atoms with E-state index in [-0.39, 0.29) is 17.7 Å². The van der Waals surface area contributed by atoms with Crippen LogP contribution in [-0.2, 0) is 16.1 Å². The fourth-order valence-corrected chi connectivity index (χ4v) is 3.03. The molecule has 126 valence electrons. The van der Waals surface area contributed by atoms with Crippen LogP contribution in [0.2, 0.25) is 0 Å². The molecule has 5 heteroatoms. The Bertz CT molecular complexity index is 522. The Morgan fingerprint density at radius 3 is 2.30 bits per heavy atom. The molecule has 1 aromatic carbocycles. The van der Waals surface area contributed by atoms with Gasteiger partial charge in [-0.2, -0.15) is 0 Å². The van der Waals surface area contributed by atoms with Gasteiger partial charge in [0.25, 0.3) is 0 Å². The van der Waals surface area contributed by atoms with Crippen molar-refractivity contribution in [2.45, 2.75) is 33.4 Å². The summed E-state index contributed by atoms with van der Waals surface area (Å²) < 4.78 is 0. The van der Waals surface area contributed by atoms with Crippen LogP contribution in [0.3, 0.4) is 0 Å². The van der Waals surface area contributed by atoms with E-state index in [4.69, 9.17) is 0 Å². The van der Waals surface area contributed by atoms with Gasteiger partial charge in [-0.25, -0.2) is 0 Å². The highest BCUT2D eigenvalue weighted by atomic mass is 16.2. The number of hydrogen-bond donors (Lipinski definition) is 2. The number of carbonyl (C=O) groups excluding carboxylic acids is 2. The number of piperazine rings is 1. The normalized spacial score (nSPS) is 17.1. The van der Waals surface area contributed by atoms with Crippen LogP contribution in [0.15, 0.2) is 30.3 Å². The molecule has 1 atom stereocenters. The fraction of sp³-hybridized carbons (Fsp3) is 0.556. The summed E-state index contributed by atoms with van der Waals surface area (Å²) >= 11 is 0. The molecular formula is C18H28N3O2+. The molecule has 0 aliphatic carbocycles. The molecule has 2 amide bonds. The third-order valence-electron chi connectivity index (χ3n) is 4.37. The molecule has 2 rings (SSSR count). The SMILES string of the molecule is CC(=O)N[C@H](C(=O)N1CC[NH+](Cc2ccccc2)CC1)C(C)C. The van der Waals surface area contributed by atoms with Gasteiger partial charge in [-0.15, -0.1) is 0 Å². The molecule has 0 aromatic heterocycles. The van der Waals surface area contributed by atoms with Crippen molar-refractivity contribution >= 4 is 11.8 Å². The van der Waals surface area contributed by atoms with Crippen molar-refractivity contribution in [3.8, 4) is 0 Å². The number of quaternary nitrogens is 1. The van der Waals surface area contributed by atoms with Gasteiger partial charge >= 0.3 is 0 Å². The zero-order valence-electron chi connectivity index (χ0n) is 14.3. The van der Waals surface area contributed by atoms with E-state index in [1.807, 2.05) is 24.8 Å². The Balaban J connectivity index is 1.87. The molecule has 0 saturated carbocycles. The van der Waals surface area contributed by atoms with Crippen LogP contribution in [0.25, 0.3) is 0 Å². The molecule has 0 bridgehead atoms. The van der Waals surface area contributed by atoms with Crippen LogP contribution in [0, 0.1) is 5.92 Å². The smallest absolute Gasteiger partial charge is 0.245 e. The number of amides is 2. The van der Waals surface area contributed by atoms with Crippen molar-refractivity contribution in [2.24, 2.45) is 5.92 Å². The van der Waals surface area contributed by atoms with Gasteiger partial charge in [0.05, 0.1) is 26.2 Å². The first-order valence-electron chi connectivity index (χ1n) is 8.40. The summed E-state index contributed by atoms with van der Waals surface area (Å²) in [6.45, 7) is 9.81. The number of carbonyl (C=O) groups is 2. The molecule has 2 N–H and O–H groups in total. The Morgan fingerprint density at radius 1 is 1.17 bits per heavy atom. The van der Waals surface area contributed by atoms with Gasteiger partial charge in [-0.05, 0) is 5.92 Å². The molecule has 1 aliphatic heterocycles. The zero-order chi connectivity index (χ0) is 16.8. The average molecular weight is 318 g/mol. The van der Waals surface area contributed by atoms with E-state index in [0.29, 0.717) is 0 Å². The van der Waals surface area contributed by atoms with Gasteiger partial charge in [0, 0.05) is 12.5 Å². The highest BCUT2D eigenvalue weighted by molar-refractivity contribution is 5.87. The topological polar surface area (TPSA) is 53.9 Å². The average Bonchev–Trinajstić information content (AvgIpc) is 2.53. The summed E-state index contributed by atoms with van der Waals surface area (Å²) in [4.78, 5) is 27.4. The molecule has 1 aromatic rings. The van der Waals surface area contributed by atoms with Crippen LogP contribution < -0.4 is 10.2 Å². The van der Waals surface area contributed by atoms with Crippen molar-refractivity contribution in [1.29, 1.82) is 0 Å². The molecule has 1 heterocycles. The van der Waals surface area contributed by atoms with Crippen LogP contribution in [0.1, 0.15) is 26.3 Å². The number of nitrogens with zero attached hydrogens (tertiary/aromatic N) is 1. The molecule has 5 nitrogen and oxygen atoms in total. The third kappa shape index (κ3) is 5.06. The second-order valence-corrected chi connectivity index (χ2v) is 6.66. The summed E-state index contributed by atoms with van der Waals surface area (Å²) in [7, 11) is 0. The molecule has 1 aliphatic rings. The molecular weight excluding hydrogens is 290 g/mol. The summed E-state index contributed by atoms with van der Waals surface area (Å²) in [5.41, 5.74) is 1.33. The number of nitrogens with one attached hydrogen (secondary N) is 2. The summed E-state index contributed by atoms with van der Waals surface area (Å²) in [6.07, 6.45) is 0. The maximum absolute atomic E-state index is 12.6. The van der Waals surface area contributed by atoms with Crippen molar-refractivity contribution < 1.29 is 14.5 Å². The highest BCUT2D eigenvalue weighted by Gasteiger charge is 2.31. The van der Waals surface area contributed by atoms with Crippen LogP contribution in [-0.4, -0.2) is 48.9 Å². The zero-order valence-corrected chi connectivity index (χ0v) is 14.3. The lowest BCUT2D eigenvalue weighted by Crippen LogP contribution is -3.13. The van der Waals surface area contributed by atoms with Crippen LogP contribution in [0.4, 0.5) is 0 Å². The van der Waals surface area contributed by atoms with Crippen LogP contribution in [0.5, 0.6) is 0 Å². The summed E-state index contributed by atoms with van der Waals surface area (Å²) in [5, 5.41) is 2.79. The first-order chi connectivity index (χ1) is 11.0. The second kappa shape index (κ2) is 8.11. The molecule has 23 heavy (non-hydrogen) atoms. The second-order valence-electron chi connectivity index (χ2n) is 6.66. The lowest BCUT2D eigenvalue weighted by atomic mass is 10.0. The summed E-state index contributed by atoms with van der Waals surface area (Å²) in [6, 6.07) is 10.0. The molecule has 0 spiro atoms. The molecule has 1 fully saturated rings. The maximum atomic E-state index is 12.6. The Morgan fingerprint density at radius 2 is 1.78 bits per heavy atom. The Kier molecular flexibility index (Phi) is 6.16. The lowest BCUT2D eigenvalue weighted by molar-refractivity contribution is -0.917. The number of hydrogen-bond acceptors (Lipinski definition) is 2. The first-order valence-corrected chi connectivity index (χ1v) is 8.40. The van der Waals surface area contributed by atoms with Crippen molar-refractivity contribution in [1.82, 2.24) is 10.2 Å². The lowest BCUT2D eigenvalue weighted by Gasteiger charge is -2.35. The van der Waals surface area contributed by atoms with E-state index < -0.39 is 6.04 Å². The standard InChI is InChI=1S/C18H27N3O2/c1-14(2)17(19-15(3)22)18(23)21-11-9-20(10-12-21)13-16-7-5-4-6-8-16/h4-8,14,17H,9-13H2,1-3H3,(H,19,22)/p+1/t17-/m0/s1. The van der Waals surface area contributed by atoms with Crippen molar-refractivity contribution in [3.05, 3.63) is 35.9 Å². The maximum Gasteiger partial charge on any atom is 0.245 e. The summed E-state index contributed by atoms with van der Waals surface area (Å²) in [5.74, 6) is 0.000412. The third-order valence-corrected chi connectivity index (χ3v) is 4.37. The van der Waals surface area contributed by atoms with Gasteiger partial charge in [-0.1, -0.05) is 44.2 Å². The van der Waals surface area contributed by atoms with E-state index in [1.54, 1.807) is 0 Å². The first kappa shape index (κ1) is 17.5. The Hall–Kier alpha value is -1.88. The van der Waals surface area contributed by atoms with E-state index >= 15 is 0 Å². The predicted molar refractivity (Wildman–Crippen MR) is 89.9 cm³/mol. The van der Waals surface area contributed by atoms with Crippen molar-refractivity contribution in [3.63, 3.8) is 0 Å². The minimum Gasteiger partial charge on any atom is -0.344 e. The van der Waals surface area contributed by atoms with Crippen LogP contribution >= 0.6 is 0 Å². The van der Waals surface area contributed by atoms with Crippen molar-refractivity contribution in [2.75, 3.05) is 26.2 Å². The fourth-order valence-electron chi connectivity index (χ4n) is 3.03. The Labute approximate surface area is 138 Å². The number of benzene rings is 1. The monoisotopic (exact) mass is 318 g/mol.